The van der Waals surface area contributed by atoms with Crippen LogP contribution in [0, 0.1) is 44.8 Å². The van der Waals surface area contributed by atoms with E-state index in [4.69, 9.17) is 9.47 Å². The van der Waals surface area contributed by atoms with E-state index in [0.717, 1.165) is 44.9 Å². The molecule has 1 aliphatic heterocycles. The molecule has 4 fully saturated rings. The summed E-state index contributed by atoms with van der Waals surface area (Å²) in [7, 11) is 0. The van der Waals surface area contributed by atoms with Crippen LogP contribution < -0.4 is 0 Å². The molecule has 4 aliphatic carbocycles. The quantitative estimate of drug-likeness (QED) is 0.380. The number of rotatable bonds is 2. The predicted molar refractivity (Wildman–Crippen MR) is 142 cm³/mol. The van der Waals surface area contributed by atoms with Crippen LogP contribution in [0.4, 0.5) is 0 Å². The van der Waals surface area contributed by atoms with Gasteiger partial charge in [0.25, 0.3) is 0 Å². The van der Waals surface area contributed by atoms with Crippen LogP contribution >= 0.6 is 0 Å². The number of carbonyl (C=O) groups excluding carboxylic acids is 3. The molecule has 5 rings (SSSR count). The second kappa shape index (κ2) is 8.18. The smallest absolute Gasteiger partial charge is 0.311 e. The van der Waals surface area contributed by atoms with Crippen molar-refractivity contribution in [1.82, 2.24) is 0 Å². The maximum absolute atomic E-state index is 14.4. The van der Waals surface area contributed by atoms with Crippen molar-refractivity contribution in [3.63, 3.8) is 0 Å². The minimum atomic E-state index is -0.579. The van der Waals surface area contributed by atoms with Gasteiger partial charge >= 0.3 is 11.9 Å². The summed E-state index contributed by atoms with van der Waals surface area (Å²) in [5, 5.41) is 0. The Hall–Kier alpha value is -1.65. The summed E-state index contributed by atoms with van der Waals surface area (Å²) in [6.07, 6.45) is 9.80. The van der Waals surface area contributed by atoms with E-state index in [2.05, 4.69) is 34.6 Å². The summed E-state index contributed by atoms with van der Waals surface area (Å²) >= 11 is 0. The van der Waals surface area contributed by atoms with Gasteiger partial charge in [-0.15, -0.1) is 0 Å². The predicted octanol–water partition coefficient (Wildman–Crippen LogP) is 6.83. The average Bonchev–Trinajstić information content (AvgIpc) is 2.89. The summed E-state index contributed by atoms with van der Waals surface area (Å²) in [6, 6.07) is 0. The van der Waals surface area contributed by atoms with Gasteiger partial charge in [0.1, 0.15) is 5.60 Å². The molecule has 0 radical (unpaired) electrons. The van der Waals surface area contributed by atoms with Gasteiger partial charge in [-0.05, 0) is 113 Å². The van der Waals surface area contributed by atoms with Gasteiger partial charge in [-0.2, -0.15) is 0 Å². The molecule has 0 amide bonds. The van der Waals surface area contributed by atoms with Crippen molar-refractivity contribution in [3.05, 3.63) is 11.6 Å². The Morgan fingerprint density at radius 2 is 1.65 bits per heavy atom. The SMILES string of the molecule is CCOC(=O)[C@@]1(C)CC[C@]2(C)CC[C@]3(C)C(=CC(=O)[C@@H]4[C@@]5(C)CCC(=O)OC(C)(C)[C@@H]5CC[C@]43C)[C@@H]2C1. The van der Waals surface area contributed by atoms with Gasteiger partial charge in [0.05, 0.1) is 12.0 Å². The van der Waals surface area contributed by atoms with Crippen LogP contribution in [0.3, 0.4) is 0 Å². The molecule has 37 heavy (non-hydrogen) atoms. The Labute approximate surface area is 223 Å². The van der Waals surface area contributed by atoms with E-state index in [1.807, 2.05) is 26.8 Å². The molecule has 0 spiro atoms. The summed E-state index contributed by atoms with van der Waals surface area (Å²) in [4.78, 5) is 40.0. The Morgan fingerprint density at radius 1 is 0.973 bits per heavy atom. The second-order valence-electron chi connectivity index (χ2n) is 15.1. The molecule has 0 N–H and O–H groups in total. The number of fused-ring (bicyclic) bond motifs is 7. The van der Waals surface area contributed by atoms with E-state index in [0.29, 0.717) is 19.4 Å². The van der Waals surface area contributed by atoms with E-state index < -0.39 is 11.0 Å². The summed E-state index contributed by atoms with van der Waals surface area (Å²) < 4.78 is 11.5. The molecule has 5 heteroatoms. The fourth-order valence-electron chi connectivity index (χ4n) is 10.3. The largest absolute Gasteiger partial charge is 0.466 e. The zero-order valence-electron chi connectivity index (χ0n) is 24.4. The van der Waals surface area contributed by atoms with Gasteiger partial charge in [-0.3, -0.25) is 14.4 Å². The Balaban J connectivity index is 1.60. The highest BCUT2D eigenvalue weighted by Crippen LogP contribution is 2.74. The monoisotopic (exact) mass is 512 g/mol. The first-order valence-corrected chi connectivity index (χ1v) is 14.7. The Bertz CT molecular complexity index is 1060. The van der Waals surface area contributed by atoms with Crippen molar-refractivity contribution in [2.45, 2.75) is 119 Å². The number of carbonyl (C=O) groups is 3. The molecule has 8 atom stereocenters. The molecular weight excluding hydrogens is 464 g/mol. The van der Waals surface area contributed by atoms with Crippen molar-refractivity contribution in [3.8, 4) is 0 Å². The lowest BCUT2D eigenvalue weighted by Gasteiger charge is -2.68. The van der Waals surface area contributed by atoms with Gasteiger partial charge in [0.15, 0.2) is 5.78 Å². The van der Waals surface area contributed by atoms with E-state index in [9.17, 15) is 14.4 Å². The van der Waals surface area contributed by atoms with E-state index >= 15 is 0 Å². The first-order valence-electron chi connectivity index (χ1n) is 14.7. The third-order valence-corrected chi connectivity index (χ3v) is 12.7. The number of allylic oxidation sites excluding steroid dienone is 2. The molecule has 0 unspecified atom stereocenters. The van der Waals surface area contributed by atoms with Crippen molar-refractivity contribution in [1.29, 1.82) is 0 Å². The van der Waals surface area contributed by atoms with Gasteiger partial charge in [0, 0.05) is 18.3 Å². The van der Waals surface area contributed by atoms with Crippen LogP contribution in [-0.4, -0.2) is 29.9 Å². The van der Waals surface area contributed by atoms with Crippen molar-refractivity contribution in [2.24, 2.45) is 44.8 Å². The maximum atomic E-state index is 14.4. The topological polar surface area (TPSA) is 69.7 Å². The summed E-state index contributed by atoms with van der Waals surface area (Å²) in [5.41, 5.74) is -0.288. The van der Waals surface area contributed by atoms with E-state index in [1.54, 1.807) is 0 Å². The Morgan fingerprint density at radius 3 is 2.32 bits per heavy atom. The fourth-order valence-corrected chi connectivity index (χ4v) is 10.3. The third kappa shape index (κ3) is 3.57. The van der Waals surface area contributed by atoms with Crippen molar-refractivity contribution >= 4 is 17.7 Å². The molecule has 1 saturated heterocycles. The zero-order chi connectivity index (χ0) is 27.2. The normalized spacial score (nSPS) is 48.8. The highest BCUT2D eigenvalue weighted by molar-refractivity contribution is 5.96. The molecule has 0 bridgehead atoms. The van der Waals surface area contributed by atoms with Crippen LogP contribution in [-0.2, 0) is 23.9 Å². The van der Waals surface area contributed by atoms with Crippen LogP contribution in [0.15, 0.2) is 11.6 Å². The van der Waals surface area contributed by atoms with Gasteiger partial charge in [-0.25, -0.2) is 0 Å². The molecule has 0 aromatic rings. The van der Waals surface area contributed by atoms with Crippen LogP contribution in [0.5, 0.6) is 0 Å². The molecule has 3 saturated carbocycles. The molecule has 0 aromatic heterocycles. The first-order chi connectivity index (χ1) is 17.1. The summed E-state index contributed by atoms with van der Waals surface area (Å²) in [5.74, 6) is 0.238. The van der Waals surface area contributed by atoms with Crippen LogP contribution in [0.1, 0.15) is 113 Å². The molecule has 1 heterocycles. The molecule has 5 nitrogen and oxygen atoms in total. The third-order valence-electron chi connectivity index (χ3n) is 12.7. The van der Waals surface area contributed by atoms with E-state index in [1.165, 1.54) is 5.57 Å². The fraction of sp³-hybridized carbons (Fsp3) is 0.844. The highest BCUT2D eigenvalue weighted by Gasteiger charge is 2.69. The first kappa shape index (κ1) is 26.9. The lowest BCUT2D eigenvalue weighted by Crippen LogP contribution is -2.65. The lowest BCUT2D eigenvalue weighted by atomic mass is 9.35. The van der Waals surface area contributed by atoms with Gasteiger partial charge < -0.3 is 9.47 Å². The number of hydrogen-bond acceptors (Lipinski definition) is 5. The number of hydrogen-bond donors (Lipinski definition) is 0. The Kier molecular flexibility index (Phi) is 5.95. The number of esters is 2. The zero-order valence-corrected chi connectivity index (χ0v) is 24.4. The number of ketones is 1. The minimum absolute atomic E-state index is 0.0884. The van der Waals surface area contributed by atoms with Crippen molar-refractivity contribution < 1.29 is 23.9 Å². The van der Waals surface area contributed by atoms with Crippen molar-refractivity contribution in [2.75, 3.05) is 6.61 Å². The van der Waals surface area contributed by atoms with Crippen LogP contribution in [0.25, 0.3) is 0 Å². The molecule has 0 aromatic carbocycles. The van der Waals surface area contributed by atoms with Crippen LogP contribution in [0.2, 0.25) is 0 Å². The maximum Gasteiger partial charge on any atom is 0.311 e. The number of cyclic esters (lactones) is 1. The van der Waals surface area contributed by atoms with Gasteiger partial charge in [-0.1, -0.05) is 33.3 Å². The molecule has 5 aliphatic rings. The molecular formula is C32H48O5. The van der Waals surface area contributed by atoms with Gasteiger partial charge in [0.2, 0.25) is 0 Å². The molecule has 206 valence electrons. The number of ether oxygens (including phenoxy) is 2. The summed E-state index contributed by atoms with van der Waals surface area (Å²) in [6.45, 7) is 17.9. The average molecular weight is 513 g/mol. The van der Waals surface area contributed by atoms with E-state index in [-0.39, 0.29) is 57.1 Å². The lowest BCUT2D eigenvalue weighted by molar-refractivity contribution is -0.188. The minimum Gasteiger partial charge on any atom is -0.466 e. The highest BCUT2D eigenvalue weighted by atomic mass is 16.6. The second-order valence-corrected chi connectivity index (χ2v) is 15.1. The standard InChI is InChI=1S/C32H48O5/c1-9-36-26(35)29(5)15-14-28(4)16-17-31(7)20(21(28)19-29)18-22(33)25-30(6)12-11-24(34)37-27(2,3)23(30)10-13-32(25,31)8/h18,21,23,25H,9-17,19H2,1-8H3/t21-,23-,25+,28+,29-,30-,31+,32+/m0/s1.